The molecule has 1 rings (SSSR count). The lowest BCUT2D eigenvalue weighted by Gasteiger charge is -2.18. The average Bonchev–Trinajstić information content (AvgIpc) is 2.80. The molecule has 0 radical (unpaired) electrons. The molecule has 0 saturated heterocycles. The van der Waals surface area contributed by atoms with Crippen molar-refractivity contribution in [1.29, 1.82) is 0 Å². The molecule has 0 spiro atoms. The summed E-state index contributed by atoms with van der Waals surface area (Å²) >= 11 is 0. The first-order valence-electron chi connectivity index (χ1n) is 4.82. The van der Waals surface area contributed by atoms with Crippen molar-refractivity contribution >= 4 is 5.78 Å². The summed E-state index contributed by atoms with van der Waals surface area (Å²) in [7, 11) is 0. The maximum absolute atomic E-state index is 11.6. The second-order valence-corrected chi connectivity index (χ2v) is 3.80. The minimum Gasteiger partial charge on any atom is -0.370 e. The molecule has 0 aromatic rings. The predicted molar refractivity (Wildman–Crippen MR) is 48.0 cm³/mol. The van der Waals surface area contributed by atoms with Gasteiger partial charge in [0.25, 0.3) is 0 Å². The summed E-state index contributed by atoms with van der Waals surface area (Å²) in [6, 6.07) is 0. The average molecular weight is 170 g/mol. The Morgan fingerprint density at radius 2 is 2.08 bits per heavy atom. The summed E-state index contributed by atoms with van der Waals surface area (Å²) < 4.78 is 5.42. The van der Waals surface area contributed by atoms with Crippen molar-refractivity contribution in [2.24, 2.45) is 11.8 Å². The third kappa shape index (κ3) is 2.31. The van der Waals surface area contributed by atoms with Crippen molar-refractivity contribution < 1.29 is 9.53 Å². The van der Waals surface area contributed by atoms with E-state index in [4.69, 9.17) is 4.74 Å². The number of hydrogen-bond acceptors (Lipinski definition) is 2. The van der Waals surface area contributed by atoms with E-state index in [1.807, 2.05) is 20.8 Å². The number of carbonyl (C=O) groups is 1. The first-order valence-corrected chi connectivity index (χ1v) is 4.82. The Kier molecular flexibility index (Phi) is 3.27. The first-order chi connectivity index (χ1) is 5.66. The van der Waals surface area contributed by atoms with Gasteiger partial charge in [-0.1, -0.05) is 13.8 Å². The Labute approximate surface area is 74.3 Å². The summed E-state index contributed by atoms with van der Waals surface area (Å²) in [6.07, 6.45) is 2.01. The molecule has 2 nitrogen and oxygen atoms in total. The first kappa shape index (κ1) is 9.72. The quantitative estimate of drug-likeness (QED) is 0.631. The van der Waals surface area contributed by atoms with E-state index in [0.29, 0.717) is 24.2 Å². The summed E-state index contributed by atoms with van der Waals surface area (Å²) in [4.78, 5) is 11.6. The van der Waals surface area contributed by atoms with Crippen LogP contribution in [0.25, 0.3) is 0 Å². The number of ketones is 1. The van der Waals surface area contributed by atoms with E-state index in [1.165, 1.54) is 0 Å². The van der Waals surface area contributed by atoms with Crippen molar-refractivity contribution in [2.75, 3.05) is 6.61 Å². The maximum atomic E-state index is 11.6. The van der Waals surface area contributed by atoms with E-state index < -0.39 is 0 Å². The summed E-state index contributed by atoms with van der Waals surface area (Å²) in [5, 5.41) is 0. The van der Waals surface area contributed by atoms with E-state index in [0.717, 1.165) is 12.8 Å². The molecule has 2 heteroatoms. The lowest BCUT2D eigenvalue weighted by molar-refractivity contribution is -0.134. The molecule has 0 bridgehead atoms. The molecule has 0 aromatic heterocycles. The number of rotatable bonds is 5. The van der Waals surface area contributed by atoms with Crippen LogP contribution < -0.4 is 0 Å². The van der Waals surface area contributed by atoms with Crippen molar-refractivity contribution in [1.82, 2.24) is 0 Å². The van der Waals surface area contributed by atoms with Crippen LogP contribution in [0.15, 0.2) is 0 Å². The van der Waals surface area contributed by atoms with Gasteiger partial charge in [0.05, 0.1) is 0 Å². The van der Waals surface area contributed by atoms with Gasteiger partial charge in [-0.15, -0.1) is 0 Å². The molecule has 0 aliphatic heterocycles. The Morgan fingerprint density at radius 3 is 2.42 bits per heavy atom. The minimum atomic E-state index is -0.150. The Morgan fingerprint density at radius 1 is 1.50 bits per heavy atom. The molecule has 0 N–H and O–H groups in total. The molecular formula is C10H18O2. The molecular weight excluding hydrogens is 152 g/mol. The highest BCUT2D eigenvalue weighted by Crippen LogP contribution is 2.32. The van der Waals surface area contributed by atoms with Crippen LogP contribution in [0.4, 0.5) is 0 Å². The fourth-order valence-corrected chi connectivity index (χ4v) is 1.38. The van der Waals surface area contributed by atoms with Gasteiger partial charge in [0.2, 0.25) is 0 Å². The zero-order valence-electron chi connectivity index (χ0n) is 8.17. The molecule has 0 aromatic carbocycles. The zero-order chi connectivity index (χ0) is 9.14. The maximum Gasteiger partial charge on any atom is 0.164 e. The molecule has 12 heavy (non-hydrogen) atoms. The Hall–Kier alpha value is -0.370. The lowest BCUT2D eigenvalue weighted by atomic mass is 10.0. The summed E-state index contributed by atoms with van der Waals surface area (Å²) in [6.45, 7) is 6.66. The molecule has 1 saturated carbocycles. The van der Waals surface area contributed by atoms with Gasteiger partial charge in [-0.3, -0.25) is 4.79 Å². The standard InChI is InChI=1S/C10H18O2/c1-4-12-10(7(2)3)9(11)8-5-6-8/h7-8,10H,4-6H2,1-3H3. The molecule has 0 heterocycles. The number of hydrogen-bond donors (Lipinski definition) is 0. The van der Waals surface area contributed by atoms with E-state index in [-0.39, 0.29) is 6.10 Å². The van der Waals surface area contributed by atoms with Gasteiger partial charge in [0.15, 0.2) is 5.78 Å². The van der Waals surface area contributed by atoms with Crippen LogP contribution in [0.5, 0.6) is 0 Å². The van der Waals surface area contributed by atoms with Crippen LogP contribution in [-0.4, -0.2) is 18.5 Å². The van der Waals surface area contributed by atoms with Crippen LogP contribution in [0.3, 0.4) is 0 Å². The monoisotopic (exact) mass is 170 g/mol. The second kappa shape index (κ2) is 4.04. The van der Waals surface area contributed by atoms with Gasteiger partial charge in [0.1, 0.15) is 6.10 Å². The molecule has 70 valence electrons. The molecule has 1 aliphatic rings. The summed E-state index contributed by atoms with van der Waals surface area (Å²) in [5.74, 6) is 0.967. The summed E-state index contributed by atoms with van der Waals surface area (Å²) in [5.41, 5.74) is 0. The second-order valence-electron chi connectivity index (χ2n) is 3.80. The molecule has 0 amide bonds. The fourth-order valence-electron chi connectivity index (χ4n) is 1.38. The van der Waals surface area contributed by atoms with Crippen molar-refractivity contribution in [3.05, 3.63) is 0 Å². The van der Waals surface area contributed by atoms with Crippen LogP contribution in [0.1, 0.15) is 33.6 Å². The van der Waals surface area contributed by atoms with E-state index in [9.17, 15) is 4.79 Å². The van der Waals surface area contributed by atoms with E-state index in [2.05, 4.69) is 0 Å². The van der Waals surface area contributed by atoms with E-state index >= 15 is 0 Å². The van der Waals surface area contributed by atoms with Gasteiger partial charge in [0, 0.05) is 12.5 Å². The topological polar surface area (TPSA) is 26.3 Å². The van der Waals surface area contributed by atoms with E-state index in [1.54, 1.807) is 0 Å². The Balaban J connectivity index is 2.45. The van der Waals surface area contributed by atoms with Crippen LogP contribution in [-0.2, 0) is 9.53 Å². The third-order valence-electron chi connectivity index (χ3n) is 2.21. The largest absolute Gasteiger partial charge is 0.370 e. The van der Waals surface area contributed by atoms with Gasteiger partial charge < -0.3 is 4.74 Å². The molecule has 1 atom stereocenters. The zero-order valence-corrected chi connectivity index (χ0v) is 8.17. The normalized spacial score (nSPS) is 19.7. The molecule has 1 fully saturated rings. The minimum absolute atomic E-state index is 0.150. The highest BCUT2D eigenvalue weighted by Gasteiger charge is 2.36. The van der Waals surface area contributed by atoms with Crippen molar-refractivity contribution in [2.45, 2.75) is 39.7 Å². The number of Topliss-reactive ketones (excluding diaryl/α,β-unsaturated/α-hetero) is 1. The van der Waals surface area contributed by atoms with Crippen LogP contribution >= 0.6 is 0 Å². The number of ether oxygens (including phenoxy) is 1. The van der Waals surface area contributed by atoms with Gasteiger partial charge >= 0.3 is 0 Å². The van der Waals surface area contributed by atoms with Crippen molar-refractivity contribution in [3.63, 3.8) is 0 Å². The SMILES string of the molecule is CCOC(C(=O)C1CC1)C(C)C. The van der Waals surface area contributed by atoms with Crippen LogP contribution in [0, 0.1) is 11.8 Å². The number of carbonyl (C=O) groups excluding carboxylic acids is 1. The predicted octanol–water partition coefficient (Wildman–Crippen LogP) is 2.03. The van der Waals surface area contributed by atoms with Crippen LogP contribution in [0.2, 0.25) is 0 Å². The molecule has 1 unspecified atom stereocenters. The Bertz CT molecular complexity index is 159. The smallest absolute Gasteiger partial charge is 0.164 e. The lowest BCUT2D eigenvalue weighted by Crippen LogP contribution is -2.30. The molecule has 1 aliphatic carbocycles. The fraction of sp³-hybridized carbons (Fsp3) is 0.900. The highest BCUT2D eigenvalue weighted by molar-refractivity contribution is 5.87. The van der Waals surface area contributed by atoms with Gasteiger partial charge in [-0.2, -0.15) is 0 Å². The van der Waals surface area contributed by atoms with Gasteiger partial charge in [-0.05, 0) is 25.7 Å². The van der Waals surface area contributed by atoms with Gasteiger partial charge in [-0.25, -0.2) is 0 Å². The van der Waals surface area contributed by atoms with Crippen molar-refractivity contribution in [3.8, 4) is 0 Å². The third-order valence-corrected chi connectivity index (χ3v) is 2.21. The highest BCUT2D eigenvalue weighted by atomic mass is 16.5.